The van der Waals surface area contributed by atoms with Crippen LogP contribution in [0.1, 0.15) is 46.0 Å². The molecule has 140 valence electrons. The summed E-state index contributed by atoms with van der Waals surface area (Å²) in [6, 6.07) is 21.3. The molecule has 0 aromatic heterocycles. The molecule has 0 fully saturated rings. The van der Waals surface area contributed by atoms with Gasteiger partial charge in [-0.25, -0.2) is 0 Å². The molecule has 0 aliphatic heterocycles. The molecule has 2 nitrogen and oxygen atoms in total. The maximum absolute atomic E-state index is 12.9. The lowest BCUT2D eigenvalue weighted by molar-refractivity contribution is -0.130. The summed E-state index contributed by atoms with van der Waals surface area (Å²) in [6.45, 7) is 6.19. The van der Waals surface area contributed by atoms with E-state index >= 15 is 0 Å². The van der Waals surface area contributed by atoms with Gasteiger partial charge in [-0.3, -0.25) is 4.79 Å². The van der Waals surface area contributed by atoms with Crippen molar-refractivity contribution in [1.82, 2.24) is 4.90 Å². The van der Waals surface area contributed by atoms with E-state index in [1.165, 1.54) is 10.6 Å². The Morgan fingerprint density at radius 3 is 1.69 bits per heavy atom. The number of rotatable bonds is 11. The first-order chi connectivity index (χ1) is 12.8. The smallest absolute Gasteiger partial charge is 0.222 e. The summed E-state index contributed by atoms with van der Waals surface area (Å²) in [5, 5.41) is 2.71. The lowest BCUT2D eigenvalue weighted by Crippen LogP contribution is -2.33. The summed E-state index contributed by atoms with van der Waals surface area (Å²) in [7, 11) is -0.481. The van der Waals surface area contributed by atoms with Crippen LogP contribution in [0.3, 0.4) is 0 Å². The molecule has 3 heteroatoms. The molecule has 2 rings (SSSR count). The zero-order chi connectivity index (χ0) is 18.6. The molecular formula is C23H32NOP. The third-order valence-electron chi connectivity index (χ3n) is 4.60. The standard InChI is InChI=1S/C23H32NOP/c1-3-5-18-24(19-6-4-2)23(25)17-20-26(21-13-9-7-10-14-21)22-15-11-8-12-16-22/h7-16H,3-6,17-20H2,1-2H3. The summed E-state index contributed by atoms with van der Waals surface area (Å²) in [5.41, 5.74) is 0. The van der Waals surface area contributed by atoms with E-state index in [2.05, 4.69) is 79.4 Å². The Morgan fingerprint density at radius 1 is 0.808 bits per heavy atom. The minimum atomic E-state index is -0.481. The van der Waals surface area contributed by atoms with Gasteiger partial charge in [-0.05, 0) is 37.5 Å². The van der Waals surface area contributed by atoms with Gasteiger partial charge >= 0.3 is 0 Å². The maximum Gasteiger partial charge on any atom is 0.222 e. The summed E-state index contributed by atoms with van der Waals surface area (Å²) in [4.78, 5) is 15.0. The molecule has 0 radical (unpaired) electrons. The van der Waals surface area contributed by atoms with Gasteiger partial charge in [0, 0.05) is 19.5 Å². The van der Waals surface area contributed by atoms with Gasteiger partial charge in [-0.15, -0.1) is 0 Å². The predicted molar refractivity (Wildman–Crippen MR) is 115 cm³/mol. The molecule has 0 aliphatic carbocycles. The van der Waals surface area contributed by atoms with E-state index in [1.54, 1.807) is 0 Å². The monoisotopic (exact) mass is 369 g/mol. The van der Waals surface area contributed by atoms with Crippen LogP contribution in [0.15, 0.2) is 60.7 Å². The quantitative estimate of drug-likeness (QED) is 0.514. The van der Waals surface area contributed by atoms with E-state index in [-0.39, 0.29) is 0 Å². The van der Waals surface area contributed by atoms with Gasteiger partial charge in [0.25, 0.3) is 0 Å². The lowest BCUT2D eigenvalue weighted by atomic mass is 10.2. The highest BCUT2D eigenvalue weighted by Gasteiger charge is 2.18. The van der Waals surface area contributed by atoms with Crippen LogP contribution in [0.5, 0.6) is 0 Å². The molecule has 1 amide bonds. The number of benzene rings is 2. The number of hydrogen-bond donors (Lipinski definition) is 0. The number of carbonyl (C=O) groups excluding carboxylic acids is 1. The van der Waals surface area contributed by atoms with Crippen molar-refractivity contribution < 1.29 is 4.79 Å². The number of hydrogen-bond acceptors (Lipinski definition) is 1. The normalized spacial score (nSPS) is 10.9. The number of unbranched alkanes of at least 4 members (excludes halogenated alkanes) is 2. The van der Waals surface area contributed by atoms with Crippen LogP contribution in [-0.4, -0.2) is 30.1 Å². The van der Waals surface area contributed by atoms with Crippen molar-refractivity contribution in [2.45, 2.75) is 46.0 Å². The van der Waals surface area contributed by atoms with Crippen LogP contribution < -0.4 is 10.6 Å². The van der Waals surface area contributed by atoms with Crippen LogP contribution >= 0.6 is 7.92 Å². The fourth-order valence-corrected chi connectivity index (χ4v) is 5.34. The van der Waals surface area contributed by atoms with Crippen LogP contribution in [-0.2, 0) is 4.79 Å². The second kappa shape index (κ2) is 11.9. The summed E-state index contributed by atoms with van der Waals surface area (Å²) < 4.78 is 0. The van der Waals surface area contributed by atoms with Crippen molar-refractivity contribution >= 4 is 24.4 Å². The van der Waals surface area contributed by atoms with Crippen molar-refractivity contribution in [3.05, 3.63) is 60.7 Å². The molecule has 0 atom stereocenters. The molecule has 2 aromatic rings. The molecule has 2 aromatic carbocycles. The Balaban J connectivity index is 2.06. The molecule has 0 spiro atoms. The van der Waals surface area contributed by atoms with Gasteiger partial charge in [-0.1, -0.05) is 87.4 Å². The highest BCUT2D eigenvalue weighted by molar-refractivity contribution is 7.73. The molecule has 0 unspecified atom stereocenters. The molecular weight excluding hydrogens is 337 g/mol. The lowest BCUT2D eigenvalue weighted by Gasteiger charge is -2.24. The molecule has 0 saturated carbocycles. The highest BCUT2D eigenvalue weighted by atomic mass is 31.1. The molecule has 0 N–H and O–H groups in total. The SMILES string of the molecule is CCCCN(CCCC)C(=O)CCP(c1ccccc1)c1ccccc1. The van der Waals surface area contributed by atoms with E-state index in [9.17, 15) is 4.79 Å². The van der Waals surface area contributed by atoms with Crippen LogP contribution in [0.4, 0.5) is 0 Å². The maximum atomic E-state index is 12.9. The second-order valence-corrected chi connectivity index (χ2v) is 9.00. The Hall–Kier alpha value is -1.66. The topological polar surface area (TPSA) is 20.3 Å². The number of carbonyl (C=O) groups is 1. The van der Waals surface area contributed by atoms with Gasteiger partial charge in [-0.2, -0.15) is 0 Å². The van der Waals surface area contributed by atoms with Crippen LogP contribution in [0.25, 0.3) is 0 Å². The van der Waals surface area contributed by atoms with E-state index in [0.29, 0.717) is 12.3 Å². The molecule has 26 heavy (non-hydrogen) atoms. The highest BCUT2D eigenvalue weighted by Crippen LogP contribution is 2.34. The van der Waals surface area contributed by atoms with E-state index < -0.39 is 7.92 Å². The van der Waals surface area contributed by atoms with Crippen molar-refractivity contribution in [1.29, 1.82) is 0 Å². The number of nitrogens with zero attached hydrogens (tertiary/aromatic N) is 1. The average molecular weight is 369 g/mol. The van der Waals surface area contributed by atoms with Crippen molar-refractivity contribution in [3.8, 4) is 0 Å². The Kier molecular flexibility index (Phi) is 9.42. The zero-order valence-electron chi connectivity index (χ0n) is 16.2. The Bertz CT molecular complexity index is 582. The molecule has 0 heterocycles. The molecule has 0 bridgehead atoms. The first-order valence-electron chi connectivity index (χ1n) is 9.91. The second-order valence-electron chi connectivity index (χ2n) is 6.66. The van der Waals surface area contributed by atoms with Crippen LogP contribution in [0, 0.1) is 0 Å². The summed E-state index contributed by atoms with van der Waals surface area (Å²) in [6.07, 6.45) is 6.04. The largest absolute Gasteiger partial charge is 0.343 e. The summed E-state index contributed by atoms with van der Waals surface area (Å²) in [5.74, 6) is 0.325. The van der Waals surface area contributed by atoms with Crippen molar-refractivity contribution in [2.24, 2.45) is 0 Å². The fourth-order valence-electron chi connectivity index (χ4n) is 3.05. The minimum Gasteiger partial charge on any atom is -0.343 e. The molecule has 0 saturated heterocycles. The van der Waals surface area contributed by atoms with Crippen molar-refractivity contribution in [3.63, 3.8) is 0 Å². The van der Waals surface area contributed by atoms with Gasteiger partial charge in [0.1, 0.15) is 0 Å². The molecule has 0 aliphatic rings. The fraction of sp³-hybridized carbons (Fsp3) is 0.435. The Morgan fingerprint density at radius 2 is 1.27 bits per heavy atom. The number of amides is 1. The van der Waals surface area contributed by atoms with E-state index in [1.807, 2.05) is 0 Å². The first-order valence-corrected chi connectivity index (χ1v) is 11.4. The van der Waals surface area contributed by atoms with Gasteiger partial charge < -0.3 is 4.90 Å². The first kappa shape index (κ1) is 20.6. The van der Waals surface area contributed by atoms with Gasteiger partial charge in [0.15, 0.2) is 0 Å². The van der Waals surface area contributed by atoms with Crippen LogP contribution in [0.2, 0.25) is 0 Å². The predicted octanol–water partition coefficient (Wildman–Crippen LogP) is 4.94. The van der Waals surface area contributed by atoms with Gasteiger partial charge in [0.2, 0.25) is 5.91 Å². The van der Waals surface area contributed by atoms with E-state index in [0.717, 1.165) is 44.9 Å². The third-order valence-corrected chi connectivity index (χ3v) is 7.11. The Labute approximate surface area is 160 Å². The van der Waals surface area contributed by atoms with E-state index in [4.69, 9.17) is 0 Å². The third kappa shape index (κ3) is 6.57. The summed E-state index contributed by atoms with van der Waals surface area (Å²) >= 11 is 0. The minimum absolute atomic E-state index is 0.325. The van der Waals surface area contributed by atoms with Gasteiger partial charge in [0.05, 0.1) is 0 Å². The van der Waals surface area contributed by atoms with Crippen molar-refractivity contribution in [2.75, 3.05) is 19.3 Å². The average Bonchev–Trinajstić information content (AvgIpc) is 2.70. The zero-order valence-corrected chi connectivity index (χ0v) is 17.1.